The zero-order valence-corrected chi connectivity index (χ0v) is 30.2. The number of carbonyl (C=O) groups excluding carboxylic acids is 1. The molecule has 3 aromatic carbocycles. The van der Waals surface area contributed by atoms with E-state index in [0.717, 1.165) is 20.2 Å². The summed E-state index contributed by atoms with van der Waals surface area (Å²) in [6.07, 6.45) is 6.22. The Morgan fingerprint density at radius 1 is 0.898 bits per heavy atom. The molecule has 0 aromatic heterocycles. The van der Waals surface area contributed by atoms with Crippen molar-refractivity contribution in [2.75, 3.05) is 26.4 Å². The van der Waals surface area contributed by atoms with E-state index < -0.39 is 51.2 Å². The molecular weight excluding hydrogens is 675 g/mol. The van der Waals surface area contributed by atoms with E-state index in [1.54, 1.807) is 13.8 Å². The molecule has 1 aliphatic heterocycles. The number of ether oxygens (including phenoxy) is 4. The molecule has 0 bridgehead atoms. The van der Waals surface area contributed by atoms with Gasteiger partial charge in [-0.3, -0.25) is 4.55 Å². The van der Waals surface area contributed by atoms with Crippen molar-refractivity contribution in [3.05, 3.63) is 82.9 Å². The van der Waals surface area contributed by atoms with Gasteiger partial charge in [-0.15, -0.1) is 0 Å². The zero-order chi connectivity index (χ0) is 35.6. The third-order valence-electron chi connectivity index (χ3n) is 9.04. The third kappa shape index (κ3) is 8.90. The number of halogens is 2. The highest BCUT2D eigenvalue weighted by Gasteiger charge is 2.44. The second-order valence-corrected chi connectivity index (χ2v) is 17.5. The van der Waals surface area contributed by atoms with Crippen molar-refractivity contribution in [3.63, 3.8) is 0 Å². The SMILES string of the molecule is Cc1cc([S+](c2ccc(C3CCCCC3)cc2)c2ccc(C3(C)OCC(C)(C)CO3)cc2)cc(C)c1OC(=O)COCC(F)(F)S(=O)(=O)O. The minimum absolute atomic E-state index is 0.0588. The summed E-state index contributed by atoms with van der Waals surface area (Å²) in [5, 5.41) is -4.55. The lowest BCUT2D eigenvalue weighted by Gasteiger charge is -2.41. The van der Waals surface area contributed by atoms with Crippen molar-refractivity contribution < 1.29 is 45.5 Å². The number of rotatable bonds is 11. The third-order valence-corrected chi connectivity index (χ3v) is 12.1. The number of benzene rings is 3. The Balaban J connectivity index is 1.41. The predicted octanol–water partition coefficient (Wildman–Crippen LogP) is 8.09. The highest BCUT2D eigenvalue weighted by atomic mass is 32.2. The van der Waals surface area contributed by atoms with Gasteiger partial charge in [-0.05, 0) is 92.6 Å². The molecular formula is C37H45F2O8S2+. The van der Waals surface area contributed by atoms with Crippen LogP contribution in [-0.4, -0.2) is 50.6 Å². The molecule has 2 fully saturated rings. The number of hydrogen-bond acceptors (Lipinski definition) is 7. The molecule has 0 spiro atoms. The quantitative estimate of drug-likeness (QED) is 0.0917. The van der Waals surface area contributed by atoms with Gasteiger partial charge in [0.1, 0.15) is 19.0 Å². The maximum Gasteiger partial charge on any atom is 0.392 e. The Hall–Kier alpha value is -2.87. The Morgan fingerprint density at radius 3 is 1.96 bits per heavy atom. The summed E-state index contributed by atoms with van der Waals surface area (Å²) >= 11 is 0. The Morgan fingerprint density at radius 2 is 1.43 bits per heavy atom. The van der Waals surface area contributed by atoms with E-state index in [0.29, 0.717) is 30.3 Å². The molecule has 49 heavy (non-hydrogen) atoms. The standard InChI is InChI=1S/C37H44F2O8S2/c1-25-19-32(20-26(2)34(25)47-33(40)21-44-24-37(38,39)49(41,42)43)48(30-15-11-28(12-16-30)27-9-7-6-8-10-27)31-17-13-29(14-18-31)36(5)45-22-35(3,4)23-46-36/h11-20,27H,6-10,21-24H2,1-5H3/p+1. The lowest BCUT2D eigenvalue weighted by atomic mass is 9.84. The fourth-order valence-corrected chi connectivity index (χ4v) is 8.65. The zero-order valence-electron chi connectivity index (χ0n) is 28.6. The maximum absolute atomic E-state index is 13.5. The largest absolute Gasteiger partial charge is 0.424 e. The number of esters is 1. The highest BCUT2D eigenvalue weighted by molar-refractivity contribution is 7.97. The van der Waals surface area contributed by atoms with Crippen LogP contribution in [0.3, 0.4) is 0 Å². The van der Waals surface area contributed by atoms with Gasteiger partial charge in [0.25, 0.3) is 0 Å². The van der Waals surface area contributed by atoms with Crippen molar-refractivity contribution in [1.82, 2.24) is 0 Å². The van der Waals surface area contributed by atoms with Crippen LogP contribution in [-0.2, 0) is 45.8 Å². The Labute approximate surface area is 290 Å². The van der Waals surface area contributed by atoms with Gasteiger partial charge in [-0.1, -0.05) is 45.2 Å². The molecule has 1 N–H and O–H groups in total. The number of alkyl halides is 2. The summed E-state index contributed by atoms with van der Waals surface area (Å²) in [6, 6.07) is 21.1. The van der Waals surface area contributed by atoms with Crippen LogP contribution in [0.25, 0.3) is 0 Å². The van der Waals surface area contributed by atoms with Gasteiger partial charge in [0.05, 0.1) is 24.1 Å². The van der Waals surface area contributed by atoms with Crippen LogP contribution >= 0.6 is 0 Å². The first kappa shape index (κ1) is 37.4. The number of carbonyl (C=O) groups is 1. The molecule has 12 heteroatoms. The first-order chi connectivity index (χ1) is 23.0. The van der Waals surface area contributed by atoms with Crippen LogP contribution in [0.1, 0.15) is 81.0 Å². The fourth-order valence-electron chi connectivity index (χ4n) is 6.19. The molecule has 8 nitrogen and oxygen atoms in total. The molecule has 0 radical (unpaired) electrons. The summed E-state index contributed by atoms with van der Waals surface area (Å²) in [4.78, 5) is 15.7. The lowest BCUT2D eigenvalue weighted by Crippen LogP contribution is -2.43. The molecule has 1 saturated carbocycles. The number of aryl methyl sites for hydroxylation is 2. The smallest absolute Gasteiger partial charge is 0.392 e. The highest BCUT2D eigenvalue weighted by Crippen LogP contribution is 2.40. The van der Waals surface area contributed by atoms with Gasteiger partial charge in [0.15, 0.2) is 20.5 Å². The average molecular weight is 720 g/mol. The molecule has 2 aliphatic rings. The van der Waals surface area contributed by atoms with Crippen molar-refractivity contribution >= 4 is 27.0 Å². The molecule has 1 saturated heterocycles. The van der Waals surface area contributed by atoms with Crippen LogP contribution < -0.4 is 4.74 Å². The maximum atomic E-state index is 13.5. The minimum atomic E-state index is -5.68. The molecule has 3 aromatic rings. The molecule has 0 amide bonds. The van der Waals surface area contributed by atoms with Gasteiger partial charge in [-0.25, -0.2) is 4.79 Å². The van der Waals surface area contributed by atoms with Crippen molar-refractivity contribution in [3.8, 4) is 5.75 Å². The van der Waals surface area contributed by atoms with E-state index in [4.69, 9.17) is 18.8 Å². The van der Waals surface area contributed by atoms with Crippen LogP contribution in [0.2, 0.25) is 0 Å². The molecule has 1 heterocycles. The van der Waals surface area contributed by atoms with Crippen molar-refractivity contribution in [2.45, 2.75) is 98.4 Å². The Bertz CT molecular complexity index is 1700. The van der Waals surface area contributed by atoms with E-state index in [2.05, 4.69) is 55.0 Å². The first-order valence-electron chi connectivity index (χ1n) is 16.5. The molecule has 1 aliphatic carbocycles. The summed E-state index contributed by atoms with van der Waals surface area (Å²) in [5.41, 5.74) is 3.53. The van der Waals surface area contributed by atoms with E-state index in [9.17, 15) is 22.0 Å². The average Bonchev–Trinajstić information content (AvgIpc) is 3.05. The Kier molecular flexibility index (Phi) is 11.3. The van der Waals surface area contributed by atoms with E-state index in [1.807, 2.05) is 31.2 Å². The van der Waals surface area contributed by atoms with Crippen LogP contribution in [0.4, 0.5) is 8.78 Å². The van der Waals surface area contributed by atoms with Gasteiger partial charge in [-0.2, -0.15) is 17.2 Å². The summed E-state index contributed by atoms with van der Waals surface area (Å²) < 4.78 is 79.7. The summed E-state index contributed by atoms with van der Waals surface area (Å²) in [5.74, 6) is -0.999. The second kappa shape index (κ2) is 14.8. The van der Waals surface area contributed by atoms with Crippen LogP contribution in [0.5, 0.6) is 5.75 Å². The van der Waals surface area contributed by atoms with Gasteiger partial charge >= 0.3 is 21.3 Å². The van der Waals surface area contributed by atoms with E-state index in [-0.39, 0.29) is 11.2 Å². The normalized spacial score (nSPS) is 18.9. The first-order valence-corrected chi connectivity index (χ1v) is 19.1. The monoisotopic (exact) mass is 719 g/mol. The molecule has 1 atom stereocenters. The van der Waals surface area contributed by atoms with Crippen LogP contribution in [0.15, 0.2) is 75.4 Å². The lowest BCUT2D eigenvalue weighted by molar-refractivity contribution is -0.298. The van der Waals surface area contributed by atoms with Gasteiger partial charge < -0.3 is 18.9 Å². The second-order valence-electron chi connectivity index (χ2n) is 13.9. The summed E-state index contributed by atoms with van der Waals surface area (Å²) in [6.45, 7) is 8.31. The fraction of sp³-hybridized carbons (Fsp3) is 0.486. The van der Waals surface area contributed by atoms with Crippen LogP contribution in [0, 0.1) is 19.3 Å². The predicted molar refractivity (Wildman–Crippen MR) is 183 cm³/mol. The topological polar surface area (TPSA) is 108 Å². The molecule has 266 valence electrons. The van der Waals surface area contributed by atoms with Gasteiger partial charge in [0.2, 0.25) is 0 Å². The molecule has 1 unspecified atom stereocenters. The molecule has 5 rings (SSSR count). The van der Waals surface area contributed by atoms with Crippen molar-refractivity contribution in [2.24, 2.45) is 5.41 Å². The summed E-state index contributed by atoms with van der Waals surface area (Å²) in [7, 11) is -6.22. The van der Waals surface area contributed by atoms with E-state index >= 15 is 0 Å². The number of hydrogen-bond donors (Lipinski definition) is 1. The van der Waals surface area contributed by atoms with Gasteiger partial charge in [0, 0.05) is 23.1 Å². The van der Waals surface area contributed by atoms with E-state index in [1.165, 1.54) is 37.7 Å². The minimum Gasteiger partial charge on any atom is -0.424 e. The van der Waals surface area contributed by atoms with Crippen molar-refractivity contribution in [1.29, 1.82) is 0 Å².